The van der Waals surface area contributed by atoms with E-state index in [0.717, 1.165) is 31.5 Å². The zero-order valence-electron chi connectivity index (χ0n) is 14.0. The molecule has 0 spiro atoms. The molecule has 1 saturated heterocycles. The third-order valence-corrected chi connectivity index (χ3v) is 5.22. The van der Waals surface area contributed by atoms with Crippen molar-refractivity contribution in [2.24, 2.45) is 17.6 Å². The van der Waals surface area contributed by atoms with Gasteiger partial charge in [0.25, 0.3) is 0 Å². The third kappa shape index (κ3) is 4.08. The molecule has 1 aliphatic heterocycles. The van der Waals surface area contributed by atoms with Gasteiger partial charge in [-0.25, -0.2) is 0 Å². The number of carbonyl (C=O) groups is 2. The van der Waals surface area contributed by atoms with E-state index < -0.39 is 0 Å². The summed E-state index contributed by atoms with van der Waals surface area (Å²) in [7, 11) is 0. The molecule has 0 radical (unpaired) electrons. The zero-order chi connectivity index (χ0) is 16.4. The third-order valence-electron chi connectivity index (χ3n) is 5.22. The van der Waals surface area contributed by atoms with E-state index in [1.165, 1.54) is 6.92 Å². The number of benzene rings is 1. The Hall–Kier alpha value is -1.59. The maximum atomic E-state index is 12.7. The van der Waals surface area contributed by atoms with Crippen molar-refractivity contribution < 1.29 is 9.59 Å². The normalized spacial score (nSPS) is 26.4. The molecule has 4 unspecified atom stereocenters. The molecule has 1 aromatic carbocycles. The number of hydrogen-bond acceptors (Lipinski definition) is 3. The molecule has 5 nitrogen and oxygen atoms in total. The second-order valence-electron chi connectivity index (χ2n) is 6.83. The highest BCUT2D eigenvalue weighted by Crippen LogP contribution is 2.37. The zero-order valence-corrected chi connectivity index (χ0v) is 14.8. The molecule has 132 valence electrons. The van der Waals surface area contributed by atoms with Crippen LogP contribution in [0.15, 0.2) is 30.3 Å². The van der Waals surface area contributed by atoms with E-state index in [1.807, 2.05) is 35.2 Å². The van der Waals surface area contributed by atoms with Crippen molar-refractivity contribution in [3.8, 4) is 0 Å². The van der Waals surface area contributed by atoms with E-state index >= 15 is 0 Å². The number of fused-ring (bicyclic) bond motifs is 1. The summed E-state index contributed by atoms with van der Waals surface area (Å²) >= 11 is 0. The largest absolute Gasteiger partial charge is 0.349 e. The topological polar surface area (TPSA) is 75.4 Å². The molecule has 24 heavy (non-hydrogen) atoms. The molecular weight excluding hydrogens is 326 g/mol. The Balaban J connectivity index is 0.00000208. The van der Waals surface area contributed by atoms with Crippen LogP contribution in [-0.4, -0.2) is 35.8 Å². The van der Waals surface area contributed by atoms with Gasteiger partial charge in [0, 0.05) is 26.1 Å². The average Bonchev–Trinajstić information content (AvgIpc) is 3.10. The molecule has 1 aromatic rings. The van der Waals surface area contributed by atoms with E-state index in [9.17, 15) is 9.59 Å². The van der Waals surface area contributed by atoms with Crippen LogP contribution in [0.3, 0.4) is 0 Å². The number of halogens is 1. The Kier molecular flexibility index (Phi) is 6.24. The molecule has 2 fully saturated rings. The average molecular weight is 352 g/mol. The Labute approximate surface area is 149 Å². The summed E-state index contributed by atoms with van der Waals surface area (Å²) in [6.45, 7) is 3.07. The number of nitrogens with one attached hydrogen (secondary N) is 1. The Bertz CT molecular complexity index is 581. The number of carbonyl (C=O) groups excluding carboxylic acids is 2. The second kappa shape index (κ2) is 7.99. The molecule has 0 bridgehead atoms. The maximum absolute atomic E-state index is 12.7. The van der Waals surface area contributed by atoms with Gasteiger partial charge in [-0.05, 0) is 30.2 Å². The number of nitrogens with zero attached hydrogens (tertiary/aromatic N) is 1. The summed E-state index contributed by atoms with van der Waals surface area (Å²) in [5.41, 5.74) is 7.11. The van der Waals surface area contributed by atoms with Crippen molar-refractivity contribution in [3.05, 3.63) is 35.9 Å². The Morgan fingerprint density at radius 3 is 2.58 bits per heavy atom. The van der Waals surface area contributed by atoms with Gasteiger partial charge in [-0.2, -0.15) is 0 Å². The molecule has 3 rings (SSSR count). The van der Waals surface area contributed by atoms with Gasteiger partial charge in [0.1, 0.15) is 0 Å². The van der Waals surface area contributed by atoms with Crippen molar-refractivity contribution in [1.82, 2.24) is 10.2 Å². The summed E-state index contributed by atoms with van der Waals surface area (Å²) in [6.07, 6.45) is 2.51. The fraction of sp³-hybridized carbons (Fsp3) is 0.556. The van der Waals surface area contributed by atoms with Crippen LogP contribution in [0, 0.1) is 11.8 Å². The van der Waals surface area contributed by atoms with Crippen LogP contribution >= 0.6 is 12.4 Å². The summed E-state index contributed by atoms with van der Waals surface area (Å²) in [6, 6.07) is 9.64. The predicted octanol–water partition coefficient (Wildman–Crippen LogP) is 1.87. The highest BCUT2D eigenvalue weighted by molar-refractivity contribution is 5.85. The number of likely N-dealkylation sites (tertiary alicyclic amines) is 1. The molecule has 0 aromatic heterocycles. The number of nitrogens with two attached hydrogens (primary N) is 1. The van der Waals surface area contributed by atoms with Gasteiger partial charge in [0.05, 0.1) is 12.5 Å². The van der Waals surface area contributed by atoms with Crippen molar-refractivity contribution in [2.45, 2.75) is 38.3 Å². The molecule has 1 aliphatic carbocycles. The lowest BCUT2D eigenvalue weighted by Gasteiger charge is -2.23. The smallest absolute Gasteiger partial charge is 0.225 e. The van der Waals surface area contributed by atoms with Crippen molar-refractivity contribution in [2.75, 3.05) is 13.1 Å². The van der Waals surface area contributed by atoms with Crippen LogP contribution in [0.2, 0.25) is 0 Å². The van der Waals surface area contributed by atoms with Crippen LogP contribution in [0.4, 0.5) is 0 Å². The lowest BCUT2D eigenvalue weighted by Crippen LogP contribution is -2.36. The highest BCUT2D eigenvalue weighted by Gasteiger charge is 2.42. The van der Waals surface area contributed by atoms with Crippen molar-refractivity contribution in [3.63, 3.8) is 0 Å². The fourth-order valence-electron chi connectivity index (χ4n) is 4.00. The van der Waals surface area contributed by atoms with Crippen molar-refractivity contribution in [1.29, 1.82) is 0 Å². The van der Waals surface area contributed by atoms with Gasteiger partial charge < -0.3 is 16.0 Å². The first-order valence-corrected chi connectivity index (χ1v) is 8.40. The summed E-state index contributed by atoms with van der Waals surface area (Å²) in [5, 5.41) is 2.90. The lowest BCUT2D eigenvalue weighted by atomic mass is 9.98. The van der Waals surface area contributed by atoms with Crippen LogP contribution < -0.4 is 11.1 Å². The van der Waals surface area contributed by atoms with Crippen LogP contribution in [-0.2, 0) is 9.59 Å². The van der Waals surface area contributed by atoms with E-state index in [-0.39, 0.29) is 36.3 Å². The minimum Gasteiger partial charge on any atom is -0.349 e. The number of amides is 2. The van der Waals surface area contributed by atoms with E-state index in [2.05, 4.69) is 5.32 Å². The monoisotopic (exact) mass is 351 g/mol. The molecule has 4 atom stereocenters. The summed E-state index contributed by atoms with van der Waals surface area (Å²) in [4.78, 5) is 26.1. The number of hydrogen-bond donors (Lipinski definition) is 2. The summed E-state index contributed by atoms with van der Waals surface area (Å²) < 4.78 is 0. The van der Waals surface area contributed by atoms with Gasteiger partial charge in [-0.15, -0.1) is 12.4 Å². The van der Waals surface area contributed by atoms with Gasteiger partial charge >= 0.3 is 0 Å². The standard InChI is InChI=1S/C18H25N3O2.ClH/c1-12(22)20-17(13-5-3-2-4-6-13)9-18(23)21-10-14-7-8-16(19)15(14)11-21;/h2-6,14-17H,7-11,19H2,1H3,(H,20,22);1H. The SMILES string of the molecule is CC(=O)NC(CC(=O)N1CC2CCC(N)C2C1)c1ccccc1.Cl. The first-order chi connectivity index (χ1) is 11.0. The molecule has 2 amide bonds. The Morgan fingerprint density at radius 1 is 1.25 bits per heavy atom. The van der Waals surface area contributed by atoms with Gasteiger partial charge in [-0.3, -0.25) is 9.59 Å². The lowest BCUT2D eigenvalue weighted by molar-refractivity contribution is -0.131. The maximum Gasteiger partial charge on any atom is 0.225 e. The van der Waals surface area contributed by atoms with Crippen molar-refractivity contribution >= 4 is 24.2 Å². The highest BCUT2D eigenvalue weighted by atomic mass is 35.5. The first kappa shape index (κ1) is 18.7. The molecule has 6 heteroatoms. The van der Waals surface area contributed by atoms with Crippen LogP contribution in [0.25, 0.3) is 0 Å². The van der Waals surface area contributed by atoms with Crippen LogP contribution in [0.1, 0.15) is 37.8 Å². The van der Waals surface area contributed by atoms with E-state index in [4.69, 9.17) is 5.73 Å². The molecule has 2 aliphatic rings. The summed E-state index contributed by atoms with van der Waals surface area (Å²) in [5.74, 6) is 1.00. The Morgan fingerprint density at radius 2 is 1.96 bits per heavy atom. The van der Waals surface area contributed by atoms with Gasteiger partial charge in [0.15, 0.2) is 0 Å². The molecular formula is C18H26ClN3O2. The predicted molar refractivity (Wildman–Crippen MR) is 95.6 cm³/mol. The van der Waals surface area contributed by atoms with Crippen LogP contribution in [0.5, 0.6) is 0 Å². The minimum absolute atomic E-state index is 0. The van der Waals surface area contributed by atoms with Gasteiger partial charge in [0.2, 0.25) is 11.8 Å². The molecule has 3 N–H and O–H groups in total. The van der Waals surface area contributed by atoms with E-state index in [0.29, 0.717) is 18.3 Å². The number of rotatable bonds is 4. The molecule has 1 heterocycles. The minimum atomic E-state index is -0.268. The quantitative estimate of drug-likeness (QED) is 0.869. The van der Waals surface area contributed by atoms with Gasteiger partial charge in [-0.1, -0.05) is 30.3 Å². The second-order valence-corrected chi connectivity index (χ2v) is 6.83. The molecule has 1 saturated carbocycles. The fourth-order valence-corrected chi connectivity index (χ4v) is 4.00. The first-order valence-electron chi connectivity index (χ1n) is 8.40. The van der Waals surface area contributed by atoms with E-state index in [1.54, 1.807) is 0 Å².